The number of hydrogen-bond donors (Lipinski definition) is 0. The molecule has 1 saturated carbocycles. The van der Waals surface area contributed by atoms with Crippen molar-refractivity contribution in [1.82, 2.24) is 0 Å². The van der Waals surface area contributed by atoms with Crippen LogP contribution in [0.15, 0.2) is 17.1 Å². The summed E-state index contributed by atoms with van der Waals surface area (Å²) in [5.74, 6) is -0.212. The lowest BCUT2D eigenvalue weighted by atomic mass is 10.0. The number of methoxy groups -OCH3 is 1. The monoisotopic (exact) mass is 241 g/mol. The van der Waals surface area contributed by atoms with Crippen molar-refractivity contribution in [3.8, 4) is 5.75 Å². The second-order valence-electron chi connectivity index (χ2n) is 3.67. The summed E-state index contributed by atoms with van der Waals surface area (Å²) >= 11 is 5.71. The highest BCUT2D eigenvalue weighted by atomic mass is 35.5. The van der Waals surface area contributed by atoms with Crippen molar-refractivity contribution < 1.29 is 13.9 Å². The van der Waals surface area contributed by atoms with Gasteiger partial charge in [0.15, 0.2) is 5.82 Å². The van der Waals surface area contributed by atoms with Gasteiger partial charge in [0.1, 0.15) is 11.3 Å². The molecule has 16 heavy (non-hydrogen) atoms. The predicted octanol–water partition coefficient (Wildman–Crippen LogP) is 2.81. The number of rotatable bonds is 3. The van der Waals surface area contributed by atoms with Crippen LogP contribution in [-0.4, -0.2) is 13.2 Å². The molecule has 0 aliphatic heterocycles. The van der Waals surface area contributed by atoms with Crippen LogP contribution < -0.4 is 4.74 Å². The minimum Gasteiger partial charge on any atom is -0.496 e. The Kier molecular flexibility index (Phi) is 2.70. The summed E-state index contributed by atoms with van der Waals surface area (Å²) in [5, 5.41) is 0.00294. The molecule has 1 aromatic rings. The van der Waals surface area contributed by atoms with Crippen molar-refractivity contribution in [3.05, 3.63) is 28.5 Å². The summed E-state index contributed by atoms with van der Waals surface area (Å²) in [6, 6.07) is 2.99. The highest BCUT2D eigenvalue weighted by Gasteiger charge is 2.49. The van der Waals surface area contributed by atoms with E-state index in [2.05, 4.69) is 4.99 Å². The van der Waals surface area contributed by atoms with Gasteiger partial charge < -0.3 is 4.74 Å². The second-order valence-corrected chi connectivity index (χ2v) is 4.08. The highest BCUT2D eigenvalue weighted by molar-refractivity contribution is 6.30. The molecule has 0 spiro atoms. The Balaban J connectivity index is 2.62. The highest BCUT2D eigenvalue weighted by Crippen LogP contribution is 2.53. The SMILES string of the molecule is COc1ccc(Cl)c(F)c1C1(N=C=O)CC1. The molecule has 0 aromatic heterocycles. The average Bonchev–Trinajstić information content (AvgIpc) is 3.03. The van der Waals surface area contributed by atoms with Gasteiger partial charge in [0.2, 0.25) is 6.08 Å². The fraction of sp³-hybridized carbons (Fsp3) is 0.364. The number of halogens is 2. The third kappa shape index (κ3) is 1.60. The van der Waals surface area contributed by atoms with Gasteiger partial charge in [0, 0.05) is 0 Å². The summed E-state index contributed by atoms with van der Waals surface area (Å²) in [6.07, 6.45) is 2.69. The van der Waals surface area contributed by atoms with Crippen LogP contribution in [0.1, 0.15) is 18.4 Å². The topological polar surface area (TPSA) is 38.7 Å². The molecule has 84 valence electrons. The fourth-order valence-electron chi connectivity index (χ4n) is 1.76. The largest absolute Gasteiger partial charge is 0.496 e. The van der Waals surface area contributed by atoms with Crippen LogP contribution in [0.4, 0.5) is 4.39 Å². The number of aliphatic imine (C=N–C) groups is 1. The third-order valence-corrected chi connectivity index (χ3v) is 3.02. The number of benzene rings is 1. The lowest BCUT2D eigenvalue weighted by molar-refractivity contribution is 0.397. The standard InChI is InChI=1S/C11H9ClFNO2/c1-16-8-3-2-7(12)10(13)9(8)11(4-5-11)14-6-15/h2-3H,4-5H2,1H3. The Bertz CT molecular complexity index is 479. The molecule has 1 aliphatic carbocycles. The Labute approximate surface area is 96.9 Å². The Morgan fingerprint density at radius 3 is 2.75 bits per heavy atom. The van der Waals surface area contributed by atoms with Gasteiger partial charge in [-0.15, -0.1) is 0 Å². The van der Waals surface area contributed by atoms with Crippen LogP contribution in [0, 0.1) is 5.82 Å². The molecule has 0 heterocycles. The van der Waals surface area contributed by atoms with Gasteiger partial charge in [-0.05, 0) is 25.0 Å². The first-order valence-electron chi connectivity index (χ1n) is 4.76. The van der Waals surface area contributed by atoms with E-state index < -0.39 is 11.4 Å². The molecule has 2 rings (SSSR count). The van der Waals surface area contributed by atoms with Crippen LogP contribution in [0.5, 0.6) is 5.75 Å². The molecular formula is C11H9ClFNO2. The molecule has 0 unspecified atom stereocenters. The number of hydrogen-bond acceptors (Lipinski definition) is 3. The first-order valence-corrected chi connectivity index (χ1v) is 5.14. The lowest BCUT2D eigenvalue weighted by Crippen LogP contribution is -2.08. The second kappa shape index (κ2) is 3.89. The minimum absolute atomic E-state index is 0.00294. The van der Waals surface area contributed by atoms with Gasteiger partial charge in [-0.1, -0.05) is 11.6 Å². The average molecular weight is 242 g/mol. The molecule has 0 saturated heterocycles. The van der Waals surface area contributed by atoms with Crippen molar-refractivity contribution in [2.45, 2.75) is 18.4 Å². The van der Waals surface area contributed by atoms with E-state index in [0.29, 0.717) is 18.6 Å². The predicted molar refractivity (Wildman–Crippen MR) is 57.0 cm³/mol. The number of isocyanates is 1. The summed E-state index contributed by atoms with van der Waals surface area (Å²) in [7, 11) is 1.44. The molecule has 0 amide bonds. The van der Waals surface area contributed by atoms with E-state index in [4.69, 9.17) is 16.3 Å². The van der Waals surface area contributed by atoms with E-state index in [9.17, 15) is 9.18 Å². The van der Waals surface area contributed by atoms with E-state index in [-0.39, 0.29) is 10.6 Å². The van der Waals surface area contributed by atoms with Crippen molar-refractivity contribution in [2.75, 3.05) is 7.11 Å². The number of ether oxygens (including phenoxy) is 1. The van der Waals surface area contributed by atoms with E-state index in [1.807, 2.05) is 0 Å². The normalized spacial score (nSPS) is 16.4. The van der Waals surface area contributed by atoms with Crippen LogP contribution >= 0.6 is 11.6 Å². The van der Waals surface area contributed by atoms with Crippen LogP contribution in [0.3, 0.4) is 0 Å². The first kappa shape index (κ1) is 11.1. The maximum absolute atomic E-state index is 13.9. The number of nitrogens with zero attached hydrogens (tertiary/aromatic N) is 1. The molecule has 1 aliphatic rings. The molecule has 0 atom stereocenters. The summed E-state index contributed by atoms with van der Waals surface area (Å²) in [5.41, 5.74) is -0.562. The molecule has 1 aromatic carbocycles. The van der Waals surface area contributed by atoms with E-state index >= 15 is 0 Å². The molecule has 3 nitrogen and oxygen atoms in total. The summed E-state index contributed by atoms with van der Waals surface area (Å²) < 4.78 is 19.0. The molecule has 1 fully saturated rings. The summed E-state index contributed by atoms with van der Waals surface area (Å²) in [4.78, 5) is 14.0. The van der Waals surface area contributed by atoms with Crippen molar-refractivity contribution in [1.29, 1.82) is 0 Å². The van der Waals surface area contributed by atoms with Crippen molar-refractivity contribution >= 4 is 17.7 Å². The number of carbonyl (C=O) groups excluding carboxylic acids is 1. The van der Waals surface area contributed by atoms with Crippen LogP contribution in [0.2, 0.25) is 5.02 Å². The van der Waals surface area contributed by atoms with E-state index in [1.165, 1.54) is 19.3 Å². The molecule has 0 radical (unpaired) electrons. The Morgan fingerprint density at radius 1 is 1.56 bits per heavy atom. The van der Waals surface area contributed by atoms with Gasteiger partial charge in [0.25, 0.3) is 0 Å². The Morgan fingerprint density at radius 2 is 2.25 bits per heavy atom. The van der Waals surface area contributed by atoms with Crippen LogP contribution in [-0.2, 0) is 10.3 Å². The van der Waals surface area contributed by atoms with Gasteiger partial charge in [-0.2, -0.15) is 4.99 Å². The van der Waals surface area contributed by atoms with Crippen molar-refractivity contribution in [2.24, 2.45) is 4.99 Å². The van der Waals surface area contributed by atoms with Crippen LogP contribution in [0.25, 0.3) is 0 Å². The first-order chi connectivity index (χ1) is 7.64. The quantitative estimate of drug-likeness (QED) is 0.603. The maximum Gasteiger partial charge on any atom is 0.235 e. The molecule has 0 bridgehead atoms. The van der Waals surface area contributed by atoms with Gasteiger partial charge >= 0.3 is 0 Å². The molecule has 0 N–H and O–H groups in total. The van der Waals surface area contributed by atoms with E-state index in [1.54, 1.807) is 6.07 Å². The van der Waals surface area contributed by atoms with Gasteiger partial charge in [-0.3, -0.25) is 0 Å². The Hall–Kier alpha value is -1.38. The zero-order chi connectivity index (χ0) is 11.8. The smallest absolute Gasteiger partial charge is 0.235 e. The minimum atomic E-state index is -0.817. The molecular weight excluding hydrogens is 233 g/mol. The maximum atomic E-state index is 13.9. The van der Waals surface area contributed by atoms with Crippen molar-refractivity contribution in [3.63, 3.8) is 0 Å². The van der Waals surface area contributed by atoms with Gasteiger partial charge in [0.05, 0.1) is 17.7 Å². The van der Waals surface area contributed by atoms with Gasteiger partial charge in [-0.25, -0.2) is 9.18 Å². The third-order valence-electron chi connectivity index (χ3n) is 2.73. The molecule has 5 heteroatoms. The summed E-state index contributed by atoms with van der Waals surface area (Å²) in [6.45, 7) is 0. The lowest BCUT2D eigenvalue weighted by Gasteiger charge is -2.14. The fourth-order valence-corrected chi connectivity index (χ4v) is 1.92. The van der Waals surface area contributed by atoms with E-state index in [0.717, 1.165) is 0 Å². The zero-order valence-electron chi connectivity index (χ0n) is 8.59. The zero-order valence-corrected chi connectivity index (χ0v) is 9.34.